The van der Waals surface area contributed by atoms with Crippen molar-refractivity contribution in [3.8, 4) is 0 Å². The number of nitrogens with zero attached hydrogens (tertiary/aromatic N) is 2. The van der Waals surface area contributed by atoms with Crippen LogP contribution in [0.3, 0.4) is 0 Å². The minimum Gasteiger partial charge on any atom is -0.307 e. The van der Waals surface area contributed by atoms with E-state index in [0.29, 0.717) is 5.02 Å². The number of anilines is 1. The summed E-state index contributed by atoms with van der Waals surface area (Å²) in [5.41, 5.74) is 3.55. The standard InChI is InChI=1S/C12H17ClN4O/c1-16-6-8-17(9-7-16)15-12(18)14-11-4-2-10(13)3-5-11/h2-5H,6-9H2,1H3,(H2,14,15,18). The average Bonchev–Trinajstić information content (AvgIpc) is 2.35. The first kappa shape index (κ1) is 13.1. The van der Waals surface area contributed by atoms with Crippen LogP contribution in [0.2, 0.25) is 5.02 Å². The molecule has 5 nitrogen and oxygen atoms in total. The van der Waals surface area contributed by atoms with Gasteiger partial charge in [0.15, 0.2) is 0 Å². The predicted octanol–water partition coefficient (Wildman–Crippen LogP) is 1.62. The zero-order valence-corrected chi connectivity index (χ0v) is 11.1. The van der Waals surface area contributed by atoms with Crippen LogP contribution < -0.4 is 10.7 Å². The van der Waals surface area contributed by atoms with Gasteiger partial charge in [0.1, 0.15) is 0 Å². The van der Waals surface area contributed by atoms with Crippen LogP contribution in [0.5, 0.6) is 0 Å². The van der Waals surface area contributed by atoms with Gasteiger partial charge in [0.25, 0.3) is 0 Å². The topological polar surface area (TPSA) is 47.6 Å². The van der Waals surface area contributed by atoms with E-state index in [9.17, 15) is 4.79 Å². The van der Waals surface area contributed by atoms with Gasteiger partial charge < -0.3 is 10.2 Å². The summed E-state index contributed by atoms with van der Waals surface area (Å²) in [6.07, 6.45) is 0. The number of hydrogen-bond donors (Lipinski definition) is 2. The molecular weight excluding hydrogens is 252 g/mol. The van der Waals surface area contributed by atoms with E-state index in [1.165, 1.54) is 0 Å². The van der Waals surface area contributed by atoms with Crippen LogP contribution in [0.25, 0.3) is 0 Å². The minimum absolute atomic E-state index is 0.220. The number of carbonyl (C=O) groups excluding carboxylic acids is 1. The maximum absolute atomic E-state index is 11.7. The van der Waals surface area contributed by atoms with Crippen molar-refractivity contribution in [1.82, 2.24) is 15.3 Å². The fraction of sp³-hybridized carbons (Fsp3) is 0.417. The summed E-state index contributed by atoms with van der Waals surface area (Å²) >= 11 is 5.78. The molecule has 0 spiro atoms. The second-order valence-corrected chi connectivity index (χ2v) is 4.80. The Morgan fingerprint density at radius 2 is 1.78 bits per heavy atom. The summed E-state index contributed by atoms with van der Waals surface area (Å²) in [5, 5.41) is 5.34. The molecule has 0 radical (unpaired) electrons. The van der Waals surface area contributed by atoms with Crippen molar-refractivity contribution in [3.63, 3.8) is 0 Å². The maximum Gasteiger partial charge on any atom is 0.333 e. The van der Waals surface area contributed by atoms with Gasteiger partial charge in [-0.25, -0.2) is 9.80 Å². The molecule has 0 aliphatic carbocycles. The van der Waals surface area contributed by atoms with Gasteiger partial charge in [0.2, 0.25) is 0 Å². The highest BCUT2D eigenvalue weighted by molar-refractivity contribution is 6.30. The number of rotatable bonds is 2. The van der Waals surface area contributed by atoms with E-state index in [4.69, 9.17) is 11.6 Å². The highest BCUT2D eigenvalue weighted by Crippen LogP contribution is 2.13. The van der Waals surface area contributed by atoms with Gasteiger partial charge in [0.05, 0.1) is 0 Å². The lowest BCUT2D eigenvalue weighted by atomic mass is 10.3. The Hall–Kier alpha value is -1.30. The molecule has 0 bridgehead atoms. The normalized spacial score (nSPS) is 17.4. The molecule has 1 aromatic rings. The molecule has 1 fully saturated rings. The Morgan fingerprint density at radius 1 is 1.17 bits per heavy atom. The molecule has 2 rings (SSSR count). The first-order valence-corrected chi connectivity index (χ1v) is 6.28. The van der Waals surface area contributed by atoms with Gasteiger partial charge in [-0.2, -0.15) is 0 Å². The Labute approximate surface area is 112 Å². The van der Waals surface area contributed by atoms with E-state index in [-0.39, 0.29) is 6.03 Å². The zero-order chi connectivity index (χ0) is 13.0. The number of carbonyl (C=O) groups is 1. The number of hydrogen-bond acceptors (Lipinski definition) is 3. The molecule has 2 N–H and O–H groups in total. The molecule has 1 aliphatic heterocycles. The molecule has 1 heterocycles. The van der Waals surface area contributed by atoms with Crippen LogP contribution >= 0.6 is 11.6 Å². The molecule has 0 unspecified atom stereocenters. The summed E-state index contributed by atoms with van der Waals surface area (Å²) in [6.45, 7) is 3.59. The lowest BCUT2D eigenvalue weighted by Gasteiger charge is -2.32. The highest BCUT2D eigenvalue weighted by atomic mass is 35.5. The van der Waals surface area contributed by atoms with Crippen molar-refractivity contribution >= 4 is 23.3 Å². The number of halogens is 1. The molecule has 0 atom stereocenters. The van der Waals surface area contributed by atoms with Gasteiger partial charge in [0, 0.05) is 36.9 Å². The first-order valence-electron chi connectivity index (χ1n) is 5.90. The van der Waals surface area contributed by atoms with Crippen LogP contribution in [0, 0.1) is 0 Å². The summed E-state index contributed by atoms with van der Waals surface area (Å²) in [6, 6.07) is 6.81. The van der Waals surface area contributed by atoms with Crippen LogP contribution in [-0.4, -0.2) is 49.2 Å². The molecule has 0 aromatic heterocycles. The van der Waals surface area contributed by atoms with Crippen LogP contribution in [0.1, 0.15) is 0 Å². The molecule has 1 aromatic carbocycles. The van der Waals surface area contributed by atoms with Gasteiger partial charge >= 0.3 is 6.03 Å². The number of hydrazine groups is 1. The van der Waals surface area contributed by atoms with Gasteiger partial charge in [-0.15, -0.1) is 0 Å². The lowest BCUT2D eigenvalue weighted by molar-refractivity contribution is 0.116. The first-order chi connectivity index (χ1) is 8.63. The third-order valence-electron chi connectivity index (χ3n) is 2.87. The molecular formula is C12H17ClN4O. The van der Waals surface area contributed by atoms with E-state index >= 15 is 0 Å². The minimum atomic E-state index is -0.220. The predicted molar refractivity (Wildman–Crippen MR) is 72.7 cm³/mol. The Morgan fingerprint density at radius 3 is 2.39 bits per heavy atom. The largest absolute Gasteiger partial charge is 0.333 e. The van der Waals surface area contributed by atoms with Gasteiger partial charge in [-0.1, -0.05) is 11.6 Å². The van der Waals surface area contributed by atoms with Gasteiger partial charge in [-0.05, 0) is 31.3 Å². The molecule has 6 heteroatoms. The number of benzene rings is 1. The second-order valence-electron chi connectivity index (χ2n) is 4.36. The SMILES string of the molecule is CN1CCN(NC(=O)Nc2ccc(Cl)cc2)CC1. The highest BCUT2D eigenvalue weighted by Gasteiger charge is 2.15. The van der Waals surface area contributed by atoms with Crippen LogP contribution in [-0.2, 0) is 0 Å². The molecule has 98 valence electrons. The molecule has 18 heavy (non-hydrogen) atoms. The molecule has 1 saturated heterocycles. The van der Waals surface area contributed by atoms with E-state index in [1.807, 2.05) is 5.01 Å². The number of likely N-dealkylation sites (N-methyl/N-ethyl adjacent to an activating group) is 1. The van der Waals surface area contributed by atoms with Crippen LogP contribution in [0.4, 0.5) is 10.5 Å². The lowest BCUT2D eigenvalue weighted by Crippen LogP contribution is -2.53. The zero-order valence-electron chi connectivity index (χ0n) is 10.3. The third-order valence-corrected chi connectivity index (χ3v) is 3.12. The fourth-order valence-corrected chi connectivity index (χ4v) is 1.88. The number of amides is 2. The smallest absolute Gasteiger partial charge is 0.307 e. The summed E-state index contributed by atoms with van der Waals surface area (Å²) in [4.78, 5) is 14.0. The van der Waals surface area contributed by atoms with E-state index in [1.54, 1.807) is 24.3 Å². The second kappa shape index (κ2) is 6.04. The van der Waals surface area contributed by atoms with Crippen molar-refractivity contribution in [3.05, 3.63) is 29.3 Å². The monoisotopic (exact) mass is 268 g/mol. The average molecular weight is 269 g/mol. The maximum atomic E-state index is 11.7. The molecule has 2 amide bonds. The third kappa shape index (κ3) is 3.87. The summed E-state index contributed by atoms with van der Waals surface area (Å²) in [5.74, 6) is 0. The Bertz CT molecular complexity index is 401. The van der Waals surface area contributed by atoms with Crippen molar-refractivity contribution in [2.45, 2.75) is 0 Å². The van der Waals surface area contributed by atoms with E-state index in [2.05, 4.69) is 22.7 Å². The van der Waals surface area contributed by atoms with Crippen molar-refractivity contribution in [2.24, 2.45) is 0 Å². The summed E-state index contributed by atoms with van der Waals surface area (Å²) < 4.78 is 0. The summed E-state index contributed by atoms with van der Waals surface area (Å²) in [7, 11) is 2.07. The quantitative estimate of drug-likeness (QED) is 0.857. The van der Waals surface area contributed by atoms with Crippen molar-refractivity contribution in [2.75, 3.05) is 38.5 Å². The fourth-order valence-electron chi connectivity index (χ4n) is 1.75. The Balaban J connectivity index is 1.80. The van der Waals surface area contributed by atoms with Crippen molar-refractivity contribution < 1.29 is 4.79 Å². The van der Waals surface area contributed by atoms with Crippen LogP contribution in [0.15, 0.2) is 24.3 Å². The Kier molecular flexibility index (Phi) is 4.41. The van der Waals surface area contributed by atoms with Crippen molar-refractivity contribution in [1.29, 1.82) is 0 Å². The number of nitrogens with one attached hydrogen (secondary N) is 2. The van der Waals surface area contributed by atoms with Gasteiger partial charge in [-0.3, -0.25) is 5.43 Å². The molecule has 0 saturated carbocycles. The van der Waals surface area contributed by atoms with E-state index < -0.39 is 0 Å². The number of urea groups is 1. The molecule has 1 aliphatic rings. The van der Waals surface area contributed by atoms with E-state index in [0.717, 1.165) is 31.9 Å². The number of piperazine rings is 1.